The first-order valence-corrected chi connectivity index (χ1v) is 9.87. The summed E-state index contributed by atoms with van der Waals surface area (Å²) >= 11 is -4.83. The Labute approximate surface area is 140 Å². The third-order valence-electron chi connectivity index (χ3n) is 2.77. The van der Waals surface area contributed by atoms with Crippen LogP contribution in [0.1, 0.15) is 17.4 Å². The van der Waals surface area contributed by atoms with Gasteiger partial charge in [0, 0.05) is 13.2 Å². The number of carbonyl (C=O) groups is 2. The minimum atomic E-state index is -4.83. The second-order valence-electron chi connectivity index (χ2n) is 4.64. The van der Waals surface area contributed by atoms with E-state index in [2.05, 4.69) is 9.19 Å². The van der Waals surface area contributed by atoms with Gasteiger partial charge < -0.3 is 9.67 Å². The van der Waals surface area contributed by atoms with Crippen LogP contribution in [0.15, 0.2) is 42.6 Å². The molecular formula is C14H17AsN2O7. The van der Waals surface area contributed by atoms with Crippen LogP contribution in [0.3, 0.4) is 0 Å². The second kappa shape index (κ2) is 8.51. The van der Waals surface area contributed by atoms with Gasteiger partial charge in [0.05, 0.1) is 0 Å². The standard InChI is InChI=1S/C8H10AsNO5.C6H7NO2/c1-6(11)10-8-4-2-3-7(5-8)9(12,13)15-14;1-7-4-2-3-5(7)6(8)9/h2-5,14H,1H3,(H,10,11)(H,12,13);2-4H,1H3,(H,8,9). The zero-order chi connectivity index (χ0) is 18.3. The molecule has 2 aromatic rings. The first kappa shape index (κ1) is 19.7. The van der Waals surface area contributed by atoms with Crippen LogP contribution in [-0.4, -0.2) is 45.1 Å². The number of benzene rings is 1. The molecule has 0 saturated heterocycles. The van der Waals surface area contributed by atoms with Crippen molar-refractivity contribution in [2.75, 3.05) is 5.32 Å². The molecule has 0 aliphatic rings. The zero-order valence-corrected chi connectivity index (χ0v) is 14.8. The van der Waals surface area contributed by atoms with Crippen molar-refractivity contribution < 1.29 is 31.7 Å². The Kier molecular flexibility index (Phi) is 6.99. The third-order valence-corrected chi connectivity index (χ3v) is 5.18. The van der Waals surface area contributed by atoms with E-state index < -0.39 is 20.1 Å². The Balaban J connectivity index is 0.000000272. The molecular weight excluding hydrogens is 383 g/mol. The van der Waals surface area contributed by atoms with Gasteiger partial charge >= 0.3 is 94.4 Å². The van der Waals surface area contributed by atoms with Crippen LogP contribution in [0.25, 0.3) is 0 Å². The van der Waals surface area contributed by atoms with E-state index in [-0.39, 0.29) is 10.3 Å². The maximum atomic E-state index is 11.3. The molecule has 24 heavy (non-hydrogen) atoms. The Morgan fingerprint density at radius 3 is 2.33 bits per heavy atom. The predicted molar refractivity (Wildman–Crippen MR) is 85.1 cm³/mol. The van der Waals surface area contributed by atoms with E-state index in [1.54, 1.807) is 36.0 Å². The molecule has 1 unspecified atom stereocenters. The fourth-order valence-electron chi connectivity index (χ4n) is 1.69. The van der Waals surface area contributed by atoms with Gasteiger partial charge in [0.15, 0.2) is 0 Å². The molecule has 0 aliphatic carbocycles. The number of carboxylic acid groups (broad SMARTS) is 1. The third kappa shape index (κ3) is 5.71. The summed E-state index contributed by atoms with van der Waals surface area (Å²) in [4.78, 5) is 21.0. The number of hydrogen-bond donors (Lipinski definition) is 4. The van der Waals surface area contributed by atoms with Crippen molar-refractivity contribution in [3.8, 4) is 0 Å². The quantitative estimate of drug-likeness (QED) is 0.332. The Morgan fingerprint density at radius 1 is 1.25 bits per heavy atom. The van der Waals surface area contributed by atoms with Gasteiger partial charge in [-0.15, -0.1) is 0 Å². The molecule has 0 fully saturated rings. The van der Waals surface area contributed by atoms with Gasteiger partial charge in [-0.2, -0.15) is 0 Å². The molecule has 0 bridgehead atoms. The topological polar surface area (TPSA) is 138 Å². The number of aryl methyl sites for hydroxylation is 1. The van der Waals surface area contributed by atoms with Crippen LogP contribution in [0.5, 0.6) is 0 Å². The van der Waals surface area contributed by atoms with E-state index in [0.29, 0.717) is 11.4 Å². The fourth-order valence-corrected chi connectivity index (χ4v) is 3.10. The molecule has 2 rings (SSSR count). The van der Waals surface area contributed by atoms with E-state index in [0.717, 1.165) is 0 Å². The number of aromatic carboxylic acids is 1. The molecule has 0 spiro atoms. The summed E-state index contributed by atoms with van der Waals surface area (Å²) in [5.74, 6) is -1.18. The Morgan fingerprint density at radius 2 is 1.92 bits per heavy atom. The van der Waals surface area contributed by atoms with Gasteiger partial charge in [-0.3, -0.25) is 0 Å². The molecule has 1 amide bonds. The SMILES string of the molecule is CC(=O)Nc1cccc([As](=O)(O)OO)c1.Cn1cccc1C(=O)O. The largest absolute Gasteiger partial charge is 0.477 e. The van der Waals surface area contributed by atoms with Crippen LogP contribution in [0.2, 0.25) is 0 Å². The van der Waals surface area contributed by atoms with E-state index in [1.165, 1.54) is 25.1 Å². The number of carboxylic acids is 1. The number of nitrogens with one attached hydrogen (secondary N) is 1. The Bertz CT molecular complexity index is 772. The van der Waals surface area contributed by atoms with Crippen molar-refractivity contribution in [1.82, 2.24) is 4.57 Å². The molecule has 0 aliphatic heterocycles. The molecule has 130 valence electrons. The summed E-state index contributed by atoms with van der Waals surface area (Å²) in [7, 11) is 1.70. The molecule has 10 heteroatoms. The van der Waals surface area contributed by atoms with E-state index in [4.69, 9.17) is 10.4 Å². The summed E-state index contributed by atoms with van der Waals surface area (Å²) < 4.78 is 25.5. The second-order valence-corrected chi connectivity index (χ2v) is 8.25. The number of carbonyl (C=O) groups excluding carboxylic acids is 1. The Hall–Kier alpha value is -2.32. The average molecular weight is 400 g/mol. The minimum Gasteiger partial charge on any atom is -0.477 e. The summed E-state index contributed by atoms with van der Waals surface area (Å²) in [6.45, 7) is 1.32. The van der Waals surface area contributed by atoms with Crippen molar-refractivity contribution >= 4 is 36.1 Å². The van der Waals surface area contributed by atoms with Gasteiger partial charge in [-0.1, -0.05) is 0 Å². The van der Waals surface area contributed by atoms with Crippen molar-refractivity contribution in [1.29, 1.82) is 0 Å². The van der Waals surface area contributed by atoms with E-state index >= 15 is 0 Å². The average Bonchev–Trinajstić information content (AvgIpc) is 2.94. The van der Waals surface area contributed by atoms with Crippen LogP contribution in [0.4, 0.5) is 5.69 Å². The molecule has 0 saturated carbocycles. The molecule has 9 nitrogen and oxygen atoms in total. The van der Waals surface area contributed by atoms with Gasteiger partial charge in [0.25, 0.3) is 0 Å². The minimum absolute atomic E-state index is 0.0399. The van der Waals surface area contributed by atoms with Crippen molar-refractivity contribution in [2.45, 2.75) is 6.92 Å². The first-order valence-electron chi connectivity index (χ1n) is 6.56. The molecule has 1 aromatic carbocycles. The van der Waals surface area contributed by atoms with Gasteiger partial charge in [0.2, 0.25) is 0 Å². The first-order chi connectivity index (χ1) is 11.2. The zero-order valence-electron chi connectivity index (χ0n) is 12.9. The maximum absolute atomic E-state index is 11.3. The van der Waals surface area contributed by atoms with Crippen LogP contribution < -0.4 is 9.67 Å². The number of anilines is 1. The van der Waals surface area contributed by atoms with Gasteiger partial charge in [-0.25, -0.2) is 4.79 Å². The number of aromatic nitrogens is 1. The predicted octanol–water partition coefficient (Wildman–Crippen LogP) is 0.427. The smallest absolute Gasteiger partial charge is 0.352 e. The van der Waals surface area contributed by atoms with E-state index in [9.17, 15) is 17.4 Å². The fraction of sp³-hybridized carbons (Fsp3) is 0.143. The number of rotatable bonds is 4. The van der Waals surface area contributed by atoms with Crippen molar-refractivity contribution in [2.24, 2.45) is 7.05 Å². The van der Waals surface area contributed by atoms with Crippen molar-refractivity contribution in [3.05, 3.63) is 48.3 Å². The van der Waals surface area contributed by atoms with Gasteiger partial charge in [0.1, 0.15) is 5.69 Å². The number of nitrogens with zero attached hydrogens (tertiary/aromatic N) is 1. The number of amides is 1. The summed E-state index contributed by atoms with van der Waals surface area (Å²) in [6, 6.07) is 8.90. The molecule has 4 N–H and O–H groups in total. The van der Waals surface area contributed by atoms with Crippen LogP contribution >= 0.6 is 0 Å². The van der Waals surface area contributed by atoms with Crippen LogP contribution in [0, 0.1) is 0 Å². The number of hydrogen-bond acceptors (Lipinski definition) is 5. The summed E-state index contributed by atoms with van der Waals surface area (Å²) in [5, 5.41) is 19.1. The van der Waals surface area contributed by atoms with Crippen molar-refractivity contribution in [3.63, 3.8) is 0 Å². The molecule has 0 radical (unpaired) electrons. The van der Waals surface area contributed by atoms with Gasteiger partial charge in [-0.05, 0) is 12.1 Å². The molecule has 1 atom stereocenters. The molecule has 1 aromatic heterocycles. The molecule has 1 heterocycles. The monoisotopic (exact) mass is 400 g/mol. The summed E-state index contributed by atoms with van der Waals surface area (Å²) in [6.07, 6.45) is 1.70. The van der Waals surface area contributed by atoms with Crippen LogP contribution in [-0.2, 0) is 19.5 Å². The van der Waals surface area contributed by atoms with E-state index in [1.807, 2.05) is 0 Å². The summed E-state index contributed by atoms with van der Waals surface area (Å²) in [5.41, 5.74) is 0.683. The normalized spacial score (nSPS) is 12.5. The maximum Gasteiger partial charge on any atom is 0.352 e.